The first kappa shape index (κ1) is 17.8. The van der Waals surface area contributed by atoms with Crippen molar-refractivity contribution in [3.05, 3.63) is 48.0 Å². The molecule has 0 atom stereocenters. The molecule has 0 amide bonds. The third-order valence-electron chi connectivity index (χ3n) is 2.89. The summed E-state index contributed by atoms with van der Waals surface area (Å²) in [6.07, 6.45) is 1.14. The molecular weight excluding hydrogens is 358 g/mol. The molecular formula is C14H11NO7S2. The summed E-state index contributed by atoms with van der Waals surface area (Å²) in [7, 11) is -8.95. The summed E-state index contributed by atoms with van der Waals surface area (Å²) in [6.45, 7) is 1.78. The zero-order valence-electron chi connectivity index (χ0n) is 12.2. The van der Waals surface area contributed by atoms with Crippen molar-refractivity contribution in [2.45, 2.75) is 16.7 Å². The number of nitrogens with zero attached hydrogens (tertiary/aromatic N) is 1. The second kappa shape index (κ2) is 6.54. The summed E-state index contributed by atoms with van der Waals surface area (Å²) in [6, 6.07) is 8.66. The molecule has 10 heteroatoms. The third-order valence-corrected chi connectivity index (χ3v) is 5.04. The van der Waals surface area contributed by atoms with Crippen molar-refractivity contribution in [3.8, 4) is 5.75 Å². The van der Waals surface area contributed by atoms with Gasteiger partial charge in [-0.2, -0.15) is 21.8 Å². The number of aryl methyl sites for hydroxylation is 1. The molecule has 24 heavy (non-hydrogen) atoms. The fraction of sp³-hybridized carbons (Fsp3) is 0.0714. The number of benzene rings is 2. The molecule has 0 bridgehead atoms. The van der Waals surface area contributed by atoms with Gasteiger partial charge < -0.3 is 4.18 Å². The van der Waals surface area contributed by atoms with Gasteiger partial charge in [-0.3, -0.25) is 4.55 Å². The second-order valence-electron chi connectivity index (χ2n) is 4.66. The highest BCUT2D eigenvalue weighted by molar-refractivity contribution is 7.87. The number of carbonyl (C=O) groups excluding carboxylic acids is 1. The molecule has 2 rings (SSSR count). The Hall–Kier alpha value is -2.52. The molecule has 0 saturated heterocycles. The van der Waals surface area contributed by atoms with E-state index in [4.69, 9.17) is 8.74 Å². The second-order valence-corrected chi connectivity index (χ2v) is 7.59. The monoisotopic (exact) mass is 369 g/mol. The molecule has 8 nitrogen and oxygen atoms in total. The Labute approximate surface area is 138 Å². The van der Waals surface area contributed by atoms with E-state index in [1.807, 2.05) is 0 Å². The van der Waals surface area contributed by atoms with Crippen LogP contribution in [0.5, 0.6) is 5.75 Å². The van der Waals surface area contributed by atoms with Crippen molar-refractivity contribution in [1.82, 2.24) is 0 Å². The largest absolute Gasteiger partial charge is 0.379 e. The van der Waals surface area contributed by atoms with Crippen LogP contribution in [0.2, 0.25) is 0 Å². The van der Waals surface area contributed by atoms with Crippen LogP contribution >= 0.6 is 0 Å². The molecule has 2 aromatic rings. The number of rotatable bonds is 5. The van der Waals surface area contributed by atoms with E-state index in [2.05, 4.69) is 4.99 Å². The highest BCUT2D eigenvalue weighted by Gasteiger charge is 2.21. The lowest BCUT2D eigenvalue weighted by atomic mass is 10.2. The van der Waals surface area contributed by atoms with Gasteiger partial charge in [0.25, 0.3) is 10.1 Å². The lowest BCUT2D eigenvalue weighted by Gasteiger charge is -2.09. The summed E-state index contributed by atoms with van der Waals surface area (Å²) in [5.41, 5.74) is 0.450. The first-order valence-electron chi connectivity index (χ1n) is 6.34. The van der Waals surface area contributed by atoms with E-state index in [9.17, 15) is 21.6 Å². The fourth-order valence-corrected chi connectivity index (χ4v) is 3.34. The quantitative estimate of drug-likeness (QED) is 0.369. The zero-order valence-corrected chi connectivity index (χ0v) is 13.8. The van der Waals surface area contributed by atoms with E-state index in [0.717, 1.165) is 29.8 Å². The standard InChI is InChI=1S/C14H11NO7S2/c1-10-2-5-12(6-3-10)24(20,21)22-11-4-7-13(15-9-16)14(8-11)23(17,18)19/h2-8H,1H3,(H,17,18,19). The summed E-state index contributed by atoms with van der Waals surface area (Å²) in [5.74, 6) is -0.368. The van der Waals surface area contributed by atoms with E-state index in [1.165, 1.54) is 12.1 Å². The third kappa shape index (κ3) is 4.06. The predicted octanol–water partition coefficient (Wildman–Crippen LogP) is 1.98. The fourth-order valence-electron chi connectivity index (χ4n) is 1.77. The summed E-state index contributed by atoms with van der Waals surface area (Å²) in [5, 5.41) is 0. The molecule has 0 fully saturated rings. The van der Waals surface area contributed by atoms with Gasteiger partial charge in [0, 0.05) is 6.07 Å². The van der Waals surface area contributed by atoms with Gasteiger partial charge in [-0.1, -0.05) is 17.7 Å². The average molecular weight is 369 g/mol. The van der Waals surface area contributed by atoms with Crippen molar-refractivity contribution < 1.29 is 30.4 Å². The molecule has 1 N–H and O–H groups in total. The van der Waals surface area contributed by atoms with Crippen LogP contribution < -0.4 is 4.18 Å². The molecule has 126 valence electrons. The minimum atomic E-state index is -4.75. The first-order chi connectivity index (χ1) is 11.1. The van der Waals surface area contributed by atoms with Gasteiger partial charge in [-0.15, -0.1) is 0 Å². The van der Waals surface area contributed by atoms with Crippen molar-refractivity contribution in [2.75, 3.05) is 0 Å². The Balaban J connectivity index is 2.47. The van der Waals surface area contributed by atoms with Gasteiger partial charge in [0.05, 0.1) is 5.69 Å². The zero-order chi connectivity index (χ0) is 18.0. The minimum absolute atomic E-state index is 0.128. The molecule has 2 aromatic carbocycles. The van der Waals surface area contributed by atoms with Crippen LogP contribution in [-0.2, 0) is 25.0 Å². The maximum absolute atomic E-state index is 12.2. The Bertz CT molecular complexity index is 1020. The predicted molar refractivity (Wildman–Crippen MR) is 83.0 cm³/mol. The molecule has 0 unspecified atom stereocenters. The van der Waals surface area contributed by atoms with Crippen LogP contribution in [0.15, 0.2) is 57.2 Å². The topological polar surface area (TPSA) is 127 Å². The Morgan fingerprint density at radius 2 is 1.67 bits per heavy atom. The molecule has 0 aliphatic heterocycles. The SMILES string of the molecule is Cc1ccc(S(=O)(=O)Oc2ccc(N=C=O)c(S(=O)(=O)O)c2)cc1. The summed E-state index contributed by atoms with van der Waals surface area (Å²) in [4.78, 5) is 12.5. The van der Waals surface area contributed by atoms with Crippen LogP contribution in [0.25, 0.3) is 0 Å². The lowest BCUT2D eigenvalue weighted by molar-refractivity contribution is 0.475. The summed E-state index contributed by atoms with van der Waals surface area (Å²) < 4.78 is 61.0. The van der Waals surface area contributed by atoms with Crippen LogP contribution in [0, 0.1) is 6.92 Å². The van der Waals surface area contributed by atoms with Gasteiger partial charge in [-0.25, -0.2) is 4.79 Å². The molecule has 0 heterocycles. The lowest BCUT2D eigenvalue weighted by Crippen LogP contribution is -2.10. The maximum atomic E-state index is 12.2. The average Bonchev–Trinajstić information content (AvgIpc) is 2.48. The highest BCUT2D eigenvalue weighted by Crippen LogP contribution is 2.29. The first-order valence-corrected chi connectivity index (χ1v) is 9.19. The van der Waals surface area contributed by atoms with E-state index >= 15 is 0 Å². The molecule has 0 aliphatic carbocycles. The van der Waals surface area contributed by atoms with Crippen molar-refractivity contribution in [2.24, 2.45) is 4.99 Å². The molecule has 0 spiro atoms. The van der Waals surface area contributed by atoms with E-state index < -0.39 is 30.8 Å². The minimum Gasteiger partial charge on any atom is -0.379 e. The van der Waals surface area contributed by atoms with E-state index in [1.54, 1.807) is 19.1 Å². The highest BCUT2D eigenvalue weighted by atomic mass is 32.2. The summed E-state index contributed by atoms with van der Waals surface area (Å²) >= 11 is 0. The van der Waals surface area contributed by atoms with Crippen LogP contribution in [0.3, 0.4) is 0 Å². The molecule has 0 aliphatic rings. The molecule has 0 saturated carbocycles. The number of hydrogen-bond acceptors (Lipinski definition) is 7. The van der Waals surface area contributed by atoms with Gasteiger partial charge in [0.2, 0.25) is 6.08 Å². The van der Waals surface area contributed by atoms with Gasteiger partial charge in [0.1, 0.15) is 15.5 Å². The van der Waals surface area contributed by atoms with Crippen molar-refractivity contribution in [3.63, 3.8) is 0 Å². The smallest absolute Gasteiger partial charge is 0.339 e. The van der Waals surface area contributed by atoms with E-state index in [-0.39, 0.29) is 10.6 Å². The molecule has 0 aromatic heterocycles. The Morgan fingerprint density at radius 1 is 1.04 bits per heavy atom. The van der Waals surface area contributed by atoms with Crippen molar-refractivity contribution in [1.29, 1.82) is 0 Å². The van der Waals surface area contributed by atoms with Crippen LogP contribution in [0.4, 0.5) is 5.69 Å². The van der Waals surface area contributed by atoms with Gasteiger partial charge in [-0.05, 0) is 31.2 Å². The van der Waals surface area contributed by atoms with Crippen molar-refractivity contribution >= 4 is 32.0 Å². The normalized spacial score (nSPS) is 11.6. The number of aliphatic imine (C=N–C) groups is 1. The number of hydrogen-bond donors (Lipinski definition) is 1. The number of isocyanates is 1. The van der Waals surface area contributed by atoms with Crippen LogP contribution in [-0.4, -0.2) is 27.5 Å². The Morgan fingerprint density at radius 3 is 2.21 bits per heavy atom. The Kier molecular flexibility index (Phi) is 4.86. The maximum Gasteiger partial charge on any atom is 0.339 e. The van der Waals surface area contributed by atoms with E-state index in [0.29, 0.717) is 0 Å². The molecule has 0 radical (unpaired) electrons. The van der Waals surface area contributed by atoms with Gasteiger partial charge in [0.15, 0.2) is 0 Å². The van der Waals surface area contributed by atoms with Gasteiger partial charge >= 0.3 is 10.1 Å². The van der Waals surface area contributed by atoms with Crippen LogP contribution in [0.1, 0.15) is 5.56 Å².